The number of hydrogen-bond donors (Lipinski definition) is 0. The van der Waals surface area contributed by atoms with Crippen molar-refractivity contribution in [2.24, 2.45) is 10.2 Å². The molecule has 14 heteroatoms. The molecule has 0 radical (unpaired) electrons. The number of methoxy groups -OCH3 is 2. The van der Waals surface area contributed by atoms with Crippen molar-refractivity contribution in [2.75, 3.05) is 32.2 Å². The van der Waals surface area contributed by atoms with Crippen LogP contribution in [0, 0.1) is 26.0 Å². The van der Waals surface area contributed by atoms with Crippen LogP contribution in [0.5, 0.6) is 0 Å². The Labute approximate surface area is 179 Å². The molecule has 0 spiro atoms. The molecular formula is C18H16FN5O8. The largest absolute Gasteiger partial charge is 0.468 e. The van der Waals surface area contributed by atoms with Gasteiger partial charge in [0.1, 0.15) is 13.1 Å². The van der Waals surface area contributed by atoms with Crippen LogP contribution in [0.2, 0.25) is 0 Å². The van der Waals surface area contributed by atoms with Gasteiger partial charge in [0.25, 0.3) is 0 Å². The van der Waals surface area contributed by atoms with Gasteiger partial charge in [-0.15, -0.1) is 5.11 Å². The fourth-order valence-electron chi connectivity index (χ4n) is 2.43. The van der Waals surface area contributed by atoms with Crippen LogP contribution in [0.4, 0.5) is 32.8 Å². The summed E-state index contributed by atoms with van der Waals surface area (Å²) in [5, 5.41) is 29.3. The summed E-state index contributed by atoms with van der Waals surface area (Å²) >= 11 is 0. The number of ether oxygens (including phenoxy) is 2. The Hall–Kier alpha value is -4.49. The zero-order valence-corrected chi connectivity index (χ0v) is 16.8. The third-order valence-electron chi connectivity index (χ3n) is 4.02. The van der Waals surface area contributed by atoms with Gasteiger partial charge in [-0.1, -0.05) is 0 Å². The molecule has 0 amide bonds. The summed E-state index contributed by atoms with van der Waals surface area (Å²) in [4.78, 5) is 44.5. The lowest BCUT2D eigenvalue weighted by Gasteiger charge is -2.22. The van der Waals surface area contributed by atoms with E-state index in [2.05, 4.69) is 19.7 Å². The predicted octanol–water partition coefficient (Wildman–Crippen LogP) is 3.21. The monoisotopic (exact) mass is 449 g/mol. The number of nitro benzene ring substituents is 2. The Kier molecular flexibility index (Phi) is 7.81. The third kappa shape index (κ3) is 6.01. The Morgan fingerprint density at radius 2 is 1.47 bits per heavy atom. The number of halogens is 1. The number of carbonyl (C=O) groups is 2. The van der Waals surface area contributed by atoms with Gasteiger partial charge in [-0.2, -0.15) is 9.50 Å². The van der Waals surface area contributed by atoms with Crippen molar-refractivity contribution in [3.8, 4) is 0 Å². The molecule has 0 atom stereocenters. The molecule has 2 rings (SSSR count). The third-order valence-corrected chi connectivity index (χ3v) is 4.02. The maximum Gasteiger partial charge on any atom is 0.325 e. The minimum Gasteiger partial charge on any atom is -0.468 e. The van der Waals surface area contributed by atoms with E-state index in [4.69, 9.17) is 0 Å². The van der Waals surface area contributed by atoms with Crippen LogP contribution in [0.15, 0.2) is 46.6 Å². The lowest BCUT2D eigenvalue weighted by molar-refractivity contribution is -0.395. The predicted molar refractivity (Wildman–Crippen MR) is 107 cm³/mol. The molecule has 2 aromatic rings. The van der Waals surface area contributed by atoms with E-state index < -0.39 is 44.7 Å². The first-order valence-electron chi connectivity index (χ1n) is 8.69. The highest BCUT2D eigenvalue weighted by Gasteiger charge is 2.25. The van der Waals surface area contributed by atoms with Crippen molar-refractivity contribution in [3.63, 3.8) is 0 Å². The van der Waals surface area contributed by atoms with Crippen LogP contribution in [0.3, 0.4) is 0 Å². The summed E-state index contributed by atoms with van der Waals surface area (Å²) in [6.07, 6.45) is 0. The molecule has 0 aromatic heterocycles. The molecule has 2 aromatic carbocycles. The number of nitrogens with zero attached hydrogens (tertiary/aromatic N) is 5. The lowest BCUT2D eigenvalue weighted by Crippen LogP contribution is -2.35. The van der Waals surface area contributed by atoms with E-state index in [0.717, 1.165) is 0 Å². The highest BCUT2D eigenvalue weighted by atomic mass is 19.1. The highest BCUT2D eigenvalue weighted by molar-refractivity contribution is 5.81. The number of hydrogen-bond acceptors (Lipinski definition) is 11. The maximum atomic E-state index is 13.8. The van der Waals surface area contributed by atoms with Gasteiger partial charge < -0.3 is 14.4 Å². The van der Waals surface area contributed by atoms with Crippen molar-refractivity contribution >= 4 is 40.4 Å². The second kappa shape index (κ2) is 10.5. The van der Waals surface area contributed by atoms with Crippen LogP contribution in [0.1, 0.15) is 0 Å². The topological polar surface area (TPSA) is 167 Å². The first kappa shape index (κ1) is 23.8. The molecule has 0 aliphatic carbocycles. The smallest absolute Gasteiger partial charge is 0.325 e. The van der Waals surface area contributed by atoms with Crippen molar-refractivity contribution < 1.29 is 33.3 Å². The lowest BCUT2D eigenvalue weighted by atomic mass is 10.2. The van der Waals surface area contributed by atoms with Gasteiger partial charge in [0.05, 0.1) is 35.8 Å². The molecule has 0 aliphatic rings. The molecule has 32 heavy (non-hydrogen) atoms. The fourth-order valence-corrected chi connectivity index (χ4v) is 2.43. The van der Waals surface area contributed by atoms with E-state index >= 15 is 0 Å². The van der Waals surface area contributed by atoms with Crippen LogP contribution in [-0.4, -0.2) is 49.1 Å². The summed E-state index contributed by atoms with van der Waals surface area (Å²) < 4.78 is 23.0. The molecule has 0 heterocycles. The molecule has 0 aliphatic heterocycles. The quantitative estimate of drug-likeness (QED) is 0.242. The minimum atomic E-state index is -1.30. The van der Waals surface area contributed by atoms with Crippen LogP contribution in [-0.2, 0) is 19.1 Å². The van der Waals surface area contributed by atoms with E-state index in [9.17, 15) is 34.2 Å². The van der Waals surface area contributed by atoms with E-state index in [1.165, 1.54) is 43.4 Å². The SMILES string of the molecule is COC(=O)CN(CC(=O)OC)c1ccc(N=Nc2cc(F)c([N+](=O)[O-])cc2[N+](=O)[O-])cc1. The molecule has 0 saturated heterocycles. The van der Waals surface area contributed by atoms with E-state index in [1.54, 1.807) is 0 Å². The van der Waals surface area contributed by atoms with Crippen molar-refractivity contribution in [1.82, 2.24) is 0 Å². The molecule has 168 valence electrons. The number of esters is 2. The zero-order valence-electron chi connectivity index (χ0n) is 16.8. The molecular weight excluding hydrogens is 433 g/mol. The average Bonchev–Trinajstić information content (AvgIpc) is 2.76. The zero-order chi connectivity index (χ0) is 23.8. The number of benzene rings is 2. The molecule has 0 saturated carbocycles. The first-order valence-corrected chi connectivity index (χ1v) is 8.69. The normalized spacial score (nSPS) is 10.6. The van der Waals surface area contributed by atoms with Crippen molar-refractivity contribution in [3.05, 3.63) is 62.4 Å². The fraction of sp³-hybridized carbons (Fsp3) is 0.222. The van der Waals surface area contributed by atoms with Gasteiger partial charge in [-0.25, -0.2) is 0 Å². The van der Waals surface area contributed by atoms with Crippen molar-refractivity contribution in [1.29, 1.82) is 0 Å². The Bertz CT molecular complexity index is 1060. The number of anilines is 1. The second-order valence-electron chi connectivity index (χ2n) is 6.03. The Morgan fingerprint density at radius 3 is 1.94 bits per heavy atom. The number of rotatable bonds is 9. The van der Waals surface area contributed by atoms with Gasteiger partial charge in [0.15, 0.2) is 5.69 Å². The summed E-state index contributed by atoms with van der Waals surface area (Å²) in [5.41, 5.74) is -1.73. The summed E-state index contributed by atoms with van der Waals surface area (Å²) in [5.74, 6) is -2.48. The summed E-state index contributed by atoms with van der Waals surface area (Å²) in [7, 11) is 2.39. The molecule has 0 unspecified atom stereocenters. The molecule has 13 nitrogen and oxygen atoms in total. The standard InChI is InChI=1S/C18H16FN5O8/c1-31-17(25)9-22(10-18(26)32-2)12-5-3-11(4-6-12)20-21-14-7-13(19)15(23(27)28)8-16(14)24(29)30/h3-8H,9-10H2,1-2H3. The van der Waals surface area contributed by atoms with Gasteiger partial charge in [-0.05, 0) is 24.3 Å². The van der Waals surface area contributed by atoms with Gasteiger partial charge in [-0.3, -0.25) is 29.8 Å². The van der Waals surface area contributed by atoms with Crippen LogP contribution < -0.4 is 4.90 Å². The highest BCUT2D eigenvalue weighted by Crippen LogP contribution is 2.35. The van der Waals surface area contributed by atoms with Crippen molar-refractivity contribution in [2.45, 2.75) is 0 Å². The first-order chi connectivity index (χ1) is 15.2. The van der Waals surface area contributed by atoms with Gasteiger partial charge in [0, 0.05) is 11.8 Å². The van der Waals surface area contributed by atoms with E-state index in [1.807, 2.05) is 0 Å². The van der Waals surface area contributed by atoms with Gasteiger partial charge in [0.2, 0.25) is 5.82 Å². The van der Waals surface area contributed by atoms with Crippen LogP contribution >= 0.6 is 0 Å². The number of nitro groups is 2. The molecule has 0 N–H and O–H groups in total. The number of carbonyl (C=O) groups excluding carboxylic acids is 2. The van der Waals surface area contributed by atoms with Gasteiger partial charge >= 0.3 is 23.3 Å². The van der Waals surface area contributed by atoms with Crippen LogP contribution in [0.25, 0.3) is 0 Å². The second-order valence-corrected chi connectivity index (χ2v) is 6.03. The maximum absolute atomic E-state index is 13.8. The Balaban J connectivity index is 2.30. The van der Waals surface area contributed by atoms with E-state index in [0.29, 0.717) is 17.8 Å². The minimum absolute atomic E-state index is 0.192. The average molecular weight is 449 g/mol. The molecule has 0 bridgehead atoms. The number of azo groups is 1. The summed E-state index contributed by atoms with van der Waals surface area (Å²) in [6, 6.07) is 6.84. The van der Waals surface area contributed by atoms with E-state index in [-0.39, 0.29) is 18.8 Å². The summed E-state index contributed by atoms with van der Waals surface area (Å²) in [6.45, 7) is -0.471. The molecule has 0 fully saturated rings. The Morgan fingerprint density at radius 1 is 0.938 bits per heavy atom.